The summed E-state index contributed by atoms with van der Waals surface area (Å²) < 4.78 is 0. The van der Waals surface area contributed by atoms with E-state index in [4.69, 9.17) is 17.2 Å². The van der Waals surface area contributed by atoms with Crippen LogP contribution in [-0.4, -0.2) is 101 Å². The largest absolute Gasteiger partial charge is 0.481 e. The van der Waals surface area contributed by atoms with Crippen LogP contribution >= 0.6 is 11.8 Å². The van der Waals surface area contributed by atoms with Crippen molar-refractivity contribution in [3.8, 4) is 0 Å². The lowest BCUT2D eigenvalue weighted by Gasteiger charge is -2.28. The first kappa shape index (κ1) is 40.6. The molecular weight excluding hydrogens is 632 g/mol. The van der Waals surface area contributed by atoms with Crippen LogP contribution in [0.2, 0.25) is 0 Å². The van der Waals surface area contributed by atoms with E-state index >= 15 is 0 Å². The van der Waals surface area contributed by atoms with E-state index in [0.717, 1.165) is 0 Å². The average Bonchev–Trinajstić information content (AvgIpc) is 3.02. The molecule has 0 aromatic heterocycles. The van der Waals surface area contributed by atoms with Crippen LogP contribution in [0.1, 0.15) is 51.5 Å². The molecule has 0 bridgehead atoms. The van der Waals surface area contributed by atoms with Gasteiger partial charge < -0.3 is 48.7 Å². The molecule has 47 heavy (non-hydrogen) atoms. The molecule has 1 aromatic carbocycles. The maximum absolute atomic E-state index is 13.5. The van der Waals surface area contributed by atoms with Gasteiger partial charge in [-0.05, 0) is 42.8 Å². The highest BCUT2D eigenvalue weighted by Crippen LogP contribution is 2.11. The molecule has 1 rings (SSSR count). The molecule has 0 radical (unpaired) electrons. The molecule has 12 N–H and O–H groups in total. The Labute approximate surface area is 278 Å². The molecule has 16 nitrogen and oxygen atoms in total. The summed E-state index contributed by atoms with van der Waals surface area (Å²) in [6.45, 7) is 3.63. The third-order valence-electron chi connectivity index (χ3n) is 7.25. The minimum atomic E-state index is -1.64. The van der Waals surface area contributed by atoms with Crippen molar-refractivity contribution in [1.82, 2.24) is 21.3 Å². The lowest BCUT2D eigenvalue weighted by atomic mass is 9.97. The quantitative estimate of drug-likeness (QED) is 0.0401. The van der Waals surface area contributed by atoms with Crippen molar-refractivity contribution >= 4 is 53.3 Å². The van der Waals surface area contributed by atoms with Gasteiger partial charge in [0.1, 0.15) is 24.2 Å². The van der Waals surface area contributed by atoms with Crippen molar-refractivity contribution in [1.29, 1.82) is 0 Å². The van der Waals surface area contributed by atoms with Crippen LogP contribution in [-0.2, 0) is 35.2 Å². The number of guanidine groups is 1. The summed E-state index contributed by atoms with van der Waals surface area (Å²) in [5, 5.41) is 29.2. The normalized spacial score (nSPS) is 14.6. The molecule has 0 aliphatic carbocycles. The number of amides is 4. The van der Waals surface area contributed by atoms with Gasteiger partial charge in [0.15, 0.2) is 5.96 Å². The monoisotopic (exact) mass is 680 g/mol. The van der Waals surface area contributed by atoms with Crippen LogP contribution in [0.3, 0.4) is 0 Å². The number of hydrogen-bond donors (Lipinski definition) is 9. The number of nitrogens with two attached hydrogens (primary N) is 3. The Kier molecular flexibility index (Phi) is 18.5. The minimum absolute atomic E-state index is 0.0226. The van der Waals surface area contributed by atoms with E-state index in [1.165, 1.54) is 11.8 Å². The van der Waals surface area contributed by atoms with Gasteiger partial charge in [0.05, 0.1) is 12.5 Å². The number of rotatable bonds is 22. The number of benzene rings is 1. The third-order valence-corrected chi connectivity index (χ3v) is 7.89. The minimum Gasteiger partial charge on any atom is -0.481 e. The second-order valence-corrected chi connectivity index (χ2v) is 12.0. The van der Waals surface area contributed by atoms with Crippen LogP contribution in [0.25, 0.3) is 0 Å². The predicted molar refractivity (Wildman–Crippen MR) is 178 cm³/mol. The topological polar surface area (TPSA) is 281 Å². The fourth-order valence-corrected chi connectivity index (χ4v) is 4.84. The zero-order valence-corrected chi connectivity index (χ0v) is 27.8. The van der Waals surface area contributed by atoms with E-state index in [1.807, 2.05) is 6.26 Å². The Hall–Kier alpha value is -4.38. The molecule has 0 saturated heterocycles. The van der Waals surface area contributed by atoms with Crippen LogP contribution in [0.4, 0.5) is 0 Å². The van der Waals surface area contributed by atoms with Gasteiger partial charge in [0.2, 0.25) is 23.6 Å². The number of nitrogens with zero attached hydrogens (tertiary/aromatic N) is 1. The highest BCUT2D eigenvalue weighted by atomic mass is 32.2. The average molecular weight is 681 g/mol. The smallest absolute Gasteiger partial charge is 0.326 e. The first-order valence-electron chi connectivity index (χ1n) is 15.2. The number of aliphatic carboxylic acids is 2. The summed E-state index contributed by atoms with van der Waals surface area (Å²) in [7, 11) is 0. The van der Waals surface area contributed by atoms with Gasteiger partial charge >= 0.3 is 11.9 Å². The van der Waals surface area contributed by atoms with Crippen LogP contribution in [0.5, 0.6) is 0 Å². The first-order chi connectivity index (χ1) is 22.2. The van der Waals surface area contributed by atoms with Crippen molar-refractivity contribution in [3.63, 3.8) is 0 Å². The molecule has 0 saturated carbocycles. The van der Waals surface area contributed by atoms with E-state index in [-0.39, 0.29) is 31.8 Å². The number of carbonyl (C=O) groups excluding carboxylic acids is 4. The molecule has 0 heterocycles. The number of nitrogens with one attached hydrogen (secondary N) is 4. The maximum Gasteiger partial charge on any atom is 0.326 e. The number of carboxylic acids is 2. The van der Waals surface area contributed by atoms with Gasteiger partial charge in [0, 0.05) is 13.0 Å². The van der Waals surface area contributed by atoms with E-state index < -0.39 is 78.1 Å². The summed E-state index contributed by atoms with van der Waals surface area (Å²) in [5.41, 5.74) is 17.2. The lowest BCUT2D eigenvalue weighted by molar-refractivity contribution is -0.143. The Balaban J connectivity index is 3.23. The Bertz CT molecular complexity index is 1230. The van der Waals surface area contributed by atoms with Gasteiger partial charge in [-0.1, -0.05) is 50.6 Å². The molecule has 262 valence electrons. The van der Waals surface area contributed by atoms with Gasteiger partial charge in [-0.3, -0.25) is 29.0 Å². The number of carboxylic acid groups (broad SMARTS) is 2. The number of thioether (sulfide) groups is 1. The summed E-state index contributed by atoms with van der Waals surface area (Å²) in [5.74, 6) is -5.90. The van der Waals surface area contributed by atoms with E-state index in [2.05, 4.69) is 26.3 Å². The van der Waals surface area contributed by atoms with Gasteiger partial charge in [-0.25, -0.2) is 4.79 Å². The Morgan fingerprint density at radius 3 is 2.00 bits per heavy atom. The molecule has 0 spiro atoms. The van der Waals surface area contributed by atoms with Crippen LogP contribution < -0.4 is 38.5 Å². The van der Waals surface area contributed by atoms with Crippen LogP contribution in [0, 0.1) is 5.92 Å². The fraction of sp³-hybridized carbons (Fsp3) is 0.567. The highest BCUT2D eigenvalue weighted by Gasteiger charge is 2.34. The van der Waals surface area contributed by atoms with Gasteiger partial charge in [-0.15, -0.1) is 0 Å². The van der Waals surface area contributed by atoms with Crippen molar-refractivity contribution in [2.75, 3.05) is 18.6 Å². The zero-order chi connectivity index (χ0) is 35.5. The lowest BCUT2D eigenvalue weighted by Crippen LogP contribution is -2.60. The molecule has 0 fully saturated rings. The number of aliphatic imine (C=N–C) groups is 1. The van der Waals surface area contributed by atoms with E-state index in [0.29, 0.717) is 24.2 Å². The van der Waals surface area contributed by atoms with Crippen molar-refractivity contribution in [2.45, 2.75) is 82.6 Å². The molecular formula is C30H48N8O8S. The summed E-state index contributed by atoms with van der Waals surface area (Å²) in [4.78, 5) is 80.4. The molecule has 1 aromatic rings. The zero-order valence-electron chi connectivity index (χ0n) is 26.9. The van der Waals surface area contributed by atoms with Crippen LogP contribution in [0.15, 0.2) is 35.3 Å². The SMILES string of the molecule is CC[C@H](C)[C@H](NC(=O)[C@@H](N)CCSC)C(=O)N[C@@H](CC(=O)O)C(=O)N[C@@H](Cc1ccccc1)C(=O)N[C@@H](CCCN=C(N)N)C(=O)O. The number of carbonyl (C=O) groups is 6. The third kappa shape index (κ3) is 15.6. The molecule has 6 atom stereocenters. The predicted octanol–water partition coefficient (Wildman–Crippen LogP) is -1.09. The first-order valence-corrected chi connectivity index (χ1v) is 16.6. The molecule has 17 heteroatoms. The molecule has 0 aliphatic rings. The summed E-state index contributed by atoms with van der Waals surface area (Å²) in [6.07, 6.45) is 1.99. The second kappa shape index (κ2) is 21.4. The molecule has 0 aliphatic heterocycles. The molecule has 4 amide bonds. The maximum atomic E-state index is 13.5. The van der Waals surface area contributed by atoms with E-state index in [1.54, 1.807) is 44.2 Å². The van der Waals surface area contributed by atoms with Crippen molar-refractivity contribution in [3.05, 3.63) is 35.9 Å². The Morgan fingerprint density at radius 1 is 0.851 bits per heavy atom. The molecule has 0 unspecified atom stereocenters. The van der Waals surface area contributed by atoms with Crippen molar-refractivity contribution < 1.29 is 39.0 Å². The summed E-state index contributed by atoms with van der Waals surface area (Å²) in [6, 6.07) is 2.20. The van der Waals surface area contributed by atoms with E-state index in [9.17, 15) is 39.0 Å². The second-order valence-electron chi connectivity index (χ2n) is 11.0. The fourth-order valence-electron chi connectivity index (χ4n) is 4.35. The van der Waals surface area contributed by atoms with Crippen molar-refractivity contribution in [2.24, 2.45) is 28.1 Å². The van der Waals surface area contributed by atoms with Gasteiger partial charge in [0.25, 0.3) is 0 Å². The summed E-state index contributed by atoms with van der Waals surface area (Å²) >= 11 is 1.51. The number of hydrogen-bond acceptors (Lipinski definition) is 9. The highest BCUT2D eigenvalue weighted by molar-refractivity contribution is 7.98. The van der Waals surface area contributed by atoms with Gasteiger partial charge in [-0.2, -0.15) is 11.8 Å². The standard InChI is InChI=1S/C30H48N8O8S/c1-4-17(2)24(38-25(41)19(31)12-14-47-3)28(44)37-22(16-23(39)40)27(43)36-21(15-18-9-6-5-7-10-18)26(42)35-20(29(45)46)11-8-13-34-30(32)33/h5-7,9-10,17,19-22,24H,4,8,11-16,31H2,1-3H3,(H,35,42)(H,36,43)(H,37,44)(H,38,41)(H,39,40)(H,45,46)(H4,32,33,34)/t17-,19-,20-,21-,22-,24-/m0/s1. The Morgan fingerprint density at radius 2 is 1.45 bits per heavy atom.